The third kappa shape index (κ3) is 5.59. The quantitative estimate of drug-likeness (QED) is 0.591. The predicted molar refractivity (Wildman–Crippen MR) is 127 cm³/mol. The van der Waals surface area contributed by atoms with Gasteiger partial charge in [-0.15, -0.1) is 0 Å². The Bertz CT molecular complexity index is 1060. The lowest BCUT2D eigenvalue weighted by Gasteiger charge is -2.30. The first-order valence-electron chi connectivity index (χ1n) is 11.0. The van der Waals surface area contributed by atoms with Crippen molar-refractivity contribution in [1.29, 1.82) is 0 Å². The smallest absolute Gasteiger partial charge is 0.245 e. The number of anilines is 1. The minimum Gasteiger partial charge on any atom is -0.493 e. The van der Waals surface area contributed by atoms with Crippen molar-refractivity contribution in [2.45, 2.75) is 49.5 Å². The Balaban J connectivity index is 1.82. The lowest BCUT2D eigenvalue weighted by Crippen LogP contribution is -2.38. The zero-order valence-electron chi connectivity index (χ0n) is 19.6. The average molecular weight is 477 g/mol. The first kappa shape index (κ1) is 24.9. The van der Waals surface area contributed by atoms with Gasteiger partial charge in [0.1, 0.15) is 4.90 Å². The van der Waals surface area contributed by atoms with Crippen molar-refractivity contribution in [2.24, 2.45) is 0 Å². The van der Waals surface area contributed by atoms with Crippen molar-refractivity contribution in [2.75, 3.05) is 33.7 Å². The fraction of sp³-hybridized carbons (Fsp3) is 0.458. The molecule has 1 saturated carbocycles. The molecule has 0 heterocycles. The Morgan fingerprint density at radius 3 is 2.18 bits per heavy atom. The lowest BCUT2D eigenvalue weighted by atomic mass is 9.96. The van der Waals surface area contributed by atoms with E-state index in [4.69, 9.17) is 14.2 Å². The van der Waals surface area contributed by atoms with E-state index in [1.165, 1.54) is 31.7 Å². The molecule has 0 aliphatic heterocycles. The second-order valence-electron chi connectivity index (χ2n) is 8.07. The largest absolute Gasteiger partial charge is 0.493 e. The Labute approximate surface area is 195 Å². The summed E-state index contributed by atoms with van der Waals surface area (Å²) in [5.41, 5.74) is 0.902. The minimum absolute atomic E-state index is 0.00353. The summed E-state index contributed by atoms with van der Waals surface area (Å²) >= 11 is 0. The van der Waals surface area contributed by atoms with Crippen molar-refractivity contribution in [1.82, 2.24) is 4.31 Å². The second-order valence-corrected chi connectivity index (χ2v) is 10.0. The second kappa shape index (κ2) is 10.9. The monoisotopic (exact) mass is 476 g/mol. The number of carbonyl (C=O) groups is 1. The minimum atomic E-state index is -3.76. The maximum Gasteiger partial charge on any atom is 0.245 e. The first-order chi connectivity index (χ1) is 15.8. The van der Waals surface area contributed by atoms with E-state index >= 15 is 0 Å². The maximum atomic E-state index is 13.4. The van der Waals surface area contributed by atoms with E-state index in [9.17, 15) is 13.2 Å². The van der Waals surface area contributed by atoms with E-state index in [-0.39, 0.29) is 29.0 Å². The highest BCUT2D eigenvalue weighted by molar-refractivity contribution is 7.89. The molecule has 0 unspecified atom stereocenters. The van der Waals surface area contributed by atoms with Crippen LogP contribution in [0.2, 0.25) is 0 Å². The van der Waals surface area contributed by atoms with Crippen LogP contribution in [0.3, 0.4) is 0 Å². The molecule has 1 N–H and O–H groups in total. The van der Waals surface area contributed by atoms with Gasteiger partial charge in [0.2, 0.25) is 21.7 Å². The Hall–Kier alpha value is -2.78. The van der Waals surface area contributed by atoms with Gasteiger partial charge in [-0.05, 0) is 42.7 Å². The lowest BCUT2D eigenvalue weighted by molar-refractivity contribution is -0.115. The number of ether oxygens (including phenoxy) is 3. The summed E-state index contributed by atoms with van der Waals surface area (Å²) in [6, 6.07) is 9.87. The number of hydrogen-bond donors (Lipinski definition) is 1. The fourth-order valence-electron chi connectivity index (χ4n) is 4.21. The van der Waals surface area contributed by atoms with Crippen LogP contribution in [-0.2, 0) is 21.2 Å². The van der Waals surface area contributed by atoms with E-state index < -0.39 is 10.0 Å². The molecule has 1 amide bonds. The number of amides is 1. The number of para-hydroxylation sites is 1. The van der Waals surface area contributed by atoms with Crippen LogP contribution in [0.1, 0.15) is 37.7 Å². The molecule has 0 radical (unpaired) electrons. The molecule has 180 valence electrons. The number of nitrogens with one attached hydrogen (secondary N) is 1. The van der Waals surface area contributed by atoms with Crippen LogP contribution in [-0.4, -0.2) is 53.0 Å². The van der Waals surface area contributed by atoms with Crippen molar-refractivity contribution in [3.05, 3.63) is 42.0 Å². The topological polar surface area (TPSA) is 94.2 Å². The first-order valence-corrected chi connectivity index (χ1v) is 12.4. The van der Waals surface area contributed by atoms with E-state index in [1.807, 2.05) is 0 Å². The Kier molecular flexibility index (Phi) is 8.20. The molecule has 0 bridgehead atoms. The molecule has 2 aromatic carbocycles. The van der Waals surface area contributed by atoms with Gasteiger partial charge in [0.15, 0.2) is 11.5 Å². The predicted octanol–water partition coefficient (Wildman–Crippen LogP) is 3.85. The number of methoxy groups -OCH3 is 3. The van der Waals surface area contributed by atoms with Gasteiger partial charge in [-0.3, -0.25) is 4.79 Å². The standard InChI is InChI=1S/C24H32N2O6S/c1-26(18-10-6-5-7-11-18)33(28,29)22-13-9-8-12-19(22)25-23(27)16-17-14-20(30-2)24(32-4)21(15-17)31-3/h8-9,12-15,18H,5-7,10-11,16H2,1-4H3,(H,25,27). The van der Waals surface area contributed by atoms with Crippen LogP contribution in [0.5, 0.6) is 17.2 Å². The van der Waals surface area contributed by atoms with E-state index in [1.54, 1.807) is 37.4 Å². The van der Waals surface area contributed by atoms with Crippen LogP contribution in [0, 0.1) is 0 Å². The number of benzene rings is 2. The van der Waals surface area contributed by atoms with Crippen LogP contribution in [0.15, 0.2) is 41.3 Å². The summed E-state index contributed by atoms with van der Waals surface area (Å²) in [5, 5.41) is 2.77. The van der Waals surface area contributed by atoms with E-state index in [0.717, 1.165) is 32.1 Å². The summed E-state index contributed by atoms with van der Waals surface area (Å²) in [7, 11) is 2.39. The maximum absolute atomic E-state index is 13.4. The average Bonchev–Trinajstić information content (AvgIpc) is 2.83. The summed E-state index contributed by atoms with van der Waals surface area (Å²) in [4.78, 5) is 12.9. The van der Waals surface area contributed by atoms with Gasteiger partial charge >= 0.3 is 0 Å². The number of hydrogen-bond acceptors (Lipinski definition) is 6. The van der Waals surface area contributed by atoms with Crippen LogP contribution < -0.4 is 19.5 Å². The van der Waals surface area contributed by atoms with E-state index in [2.05, 4.69) is 5.32 Å². The zero-order valence-corrected chi connectivity index (χ0v) is 20.4. The number of rotatable bonds is 9. The number of nitrogens with zero attached hydrogens (tertiary/aromatic N) is 1. The number of sulfonamides is 1. The highest BCUT2D eigenvalue weighted by Crippen LogP contribution is 2.38. The molecule has 9 heteroatoms. The number of carbonyl (C=O) groups excluding carboxylic acids is 1. The highest BCUT2D eigenvalue weighted by Gasteiger charge is 2.31. The SMILES string of the molecule is COc1cc(CC(=O)Nc2ccccc2S(=O)(=O)N(C)C2CCCCC2)cc(OC)c1OC. The van der Waals surface area contributed by atoms with Crippen molar-refractivity contribution in [3.63, 3.8) is 0 Å². The Morgan fingerprint density at radius 2 is 1.61 bits per heavy atom. The molecule has 8 nitrogen and oxygen atoms in total. The van der Waals surface area contributed by atoms with Crippen molar-refractivity contribution < 1.29 is 27.4 Å². The van der Waals surface area contributed by atoms with Crippen LogP contribution >= 0.6 is 0 Å². The van der Waals surface area contributed by atoms with Gasteiger partial charge in [-0.1, -0.05) is 31.4 Å². The van der Waals surface area contributed by atoms with Gasteiger partial charge in [-0.2, -0.15) is 4.31 Å². The molecular weight excluding hydrogens is 444 g/mol. The normalized spacial score (nSPS) is 14.7. The van der Waals surface area contributed by atoms with Crippen molar-refractivity contribution >= 4 is 21.6 Å². The van der Waals surface area contributed by atoms with Crippen LogP contribution in [0.4, 0.5) is 5.69 Å². The van der Waals surface area contributed by atoms with Gasteiger partial charge in [-0.25, -0.2) is 8.42 Å². The van der Waals surface area contributed by atoms with Gasteiger partial charge in [0.05, 0.1) is 33.4 Å². The molecule has 2 aromatic rings. The van der Waals surface area contributed by atoms with Crippen molar-refractivity contribution in [3.8, 4) is 17.2 Å². The Morgan fingerprint density at radius 1 is 1.00 bits per heavy atom. The molecule has 0 spiro atoms. The van der Waals surface area contributed by atoms with Gasteiger partial charge in [0, 0.05) is 13.1 Å². The molecule has 1 aliphatic rings. The molecule has 0 saturated heterocycles. The molecule has 3 rings (SSSR count). The summed E-state index contributed by atoms with van der Waals surface area (Å²) in [6.07, 6.45) is 4.90. The third-order valence-electron chi connectivity index (χ3n) is 6.00. The highest BCUT2D eigenvalue weighted by atomic mass is 32.2. The summed E-state index contributed by atoms with van der Waals surface area (Å²) in [6.45, 7) is 0. The zero-order chi connectivity index (χ0) is 24.0. The molecule has 1 aliphatic carbocycles. The molecule has 33 heavy (non-hydrogen) atoms. The molecular formula is C24H32N2O6S. The molecule has 1 fully saturated rings. The summed E-state index contributed by atoms with van der Waals surface area (Å²) in [5.74, 6) is 0.965. The van der Waals surface area contributed by atoms with E-state index in [0.29, 0.717) is 22.8 Å². The van der Waals surface area contributed by atoms with Gasteiger partial charge < -0.3 is 19.5 Å². The third-order valence-corrected chi connectivity index (χ3v) is 7.96. The van der Waals surface area contributed by atoms with Crippen LogP contribution in [0.25, 0.3) is 0 Å². The van der Waals surface area contributed by atoms with Gasteiger partial charge in [0.25, 0.3) is 0 Å². The molecule has 0 aromatic heterocycles. The summed E-state index contributed by atoms with van der Waals surface area (Å²) < 4.78 is 44.2. The fourth-order valence-corrected chi connectivity index (χ4v) is 5.77. The molecule has 0 atom stereocenters.